The quantitative estimate of drug-likeness (QED) is 0.546. The van der Waals surface area contributed by atoms with E-state index in [4.69, 9.17) is 5.73 Å². The van der Waals surface area contributed by atoms with E-state index in [1.807, 2.05) is 13.8 Å². The van der Waals surface area contributed by atoms with Crippen molar-refractivity contribution >= 4 is 17.8 Å². The molecule has 0 bridgehead atoms. The molecule has 0 rings (SSSR count). The van der Waals surface area contributed by atoms with Crippen LogP contribution in [-0.2, 0) is 19.1 Å². The highest BCUT2D eigenvalue weighted by atomic mass is 16.5. The van der Waals surface area contributed by atoms with E-state index in [1.165, 1.54) is 21.0 Å². The van der Waals surface area contributed by atoms with Crippen LogP contribution < -0.4 is 16.4 Å². The molecule has 0 aliphatic heterocycles. The molecule has 19 heavy (non-hydrogen) atoms. The third kappa shape index (κ3) is 5.69. The Labute approximate surface area is 113 Å². The summed E-state index contributed by atoms with van der Waals surface area (Å²) in [5.41, 5.74) is 4.48. The predicted molar refractivity (Wildman–Crippen MR) is 70.1 cm³/mol. The van der Waals surface area contributed by atoms with Gasteiger partial charge in [0.1, 0.15) is 5.54 Å². The van der Waals surface area contributed by atoms with Crippen LogP contribution in [0.1, 0.15) is 27.7 Å². The molecular formula is C12H23N3O4. The molecule has 0 fully saturated rings. The summed E-state index contributed by atoms with van der Waals surface area (Å²) >= 11 is 0. The number of carbonyl (C=O) groups is 3. The number of rotatable bonds is 6. The van der Waals surface area contributed by atoms with Gasteiger partial charge >= 0.3 is 5.97 Å². The van der Waals surface area contributed by atoms with Crippen LogP contribution in [0.15, 0.2) is 0 Å². The monoisotopic (exact) mass is 273 g/mol. The molecule has 110 valence electrons. The van der Waals surface area contributed by atoms with Crippen molar-refractivity contribution in [3.63, 3.8) is 0 Å². The van der Waals surface area contributed by atoms with Crippen molar-refractivity contribution < 1.29 is 19.1 Å². The van der Waals surface area contributed by atoms with E-state index < -0.39 is 29.4 Å². The number of methoxy groups -OCH3 is 1. The van der Waals surface area contributed by atoms with Gasteiger partial charge in [-0.1, -0.05) is 13.8 Å². The minimum Gasteiger partial charge on any atom is -0.467 e. The van der Waals surface area contributed by atoms with Crippen LogP contribution in [0, 0.1) is 5.92 Å². The minimum absolute atomic E-state index is 0.0189. The topological polar surface area (TPSA) is 111 Å². The molecule has 7 nitrogen and oxygen atoms in total. The van der Waals surface area contributed by atoms with Gasteiger partial charge in [0.15, 0.2) is 0 Å². The number of carbonyl (C=O) groups excluding carboxylic acids is 3. The molecule has 0 aromatic carbocycles. The van der Waals surface area contributed by atoms with Crippen molar-refractivity contribution in [2.45, 2.75) is 39.3 Å². The van der Waals surface area contributed by atoms with Crippen molar-refractivity contribution in [3.05, 3.63) is 0 Å². The van der Waals surface area contributed by atoms with E-state index in [0.717, 1.165) is 0 Å². The van der Waals surface area contributed by atoms with Crippen molar-refractivity contribution in [2.24, 2.45) is 11.7 Å². The number of ether oxygens (including phenoxy) is 1. The fraction of sp³-hybridized carbons (Fsp3) is 0.750. The molecule has 0 aliphatic carbocycles. The van der Waals surface area contributed by atoms with Crippen molar-refractivity contribution in [1.29, 1.82) is 0 Å². The molecule has 0 saturated heterocycles. The third-order valence-electron chi connectivity index (χ3n) is 2.59. The Morgan fingerprint density at radius 3 is 2.21 bits per heavy atom. The average Bonchev–Trinajstić information content (AvgIpc) is 2.32. The lowest BCUT2D eigenvalue weighted by Gasteiger charge is -2.23. The zero-order valence-electron chi connectivity index (χ0n) is 12.1. The fourth-order valence-electron chi connectivity index (χ4n) is 1.29. The Hall–Kier alpha value is -1.63. The number of amides is 2. The standard InChI is InChI=1S/C12H23N3O4/c1-7(2)9(13)10(17)14-6-8(16)15-12(3,4)11(18)19-5/h7,9H,6,13H2,1-5H3,(H,14,17)(H,15,16)/t9-/m0/s1. The number of hydrogen-bond acceptors (Lipinski definition) is 5. The maximum Gasteiger partial charge on any atom is 0.330 e. The molecule has 2 amide bonds. The van der Waals surface area contributed by atoms with E-state index in [0.29, 0.717) is 0 Å². The van der Waals surface area contributed by atoms with Crippen LogP contribution in [0.5, 0.6) is 0 Å². The van der Waals surface area contributed by atoms with Gasteiger partial charge in [-0.3, -0.25) is 9.59 Å². The highest BCUT2D eigenvalue weighted by molar-refractivity contribution is 5.91. The maximum atomic E-state index is 11.6. The second-order valence-corrected chi connectivity index (χ2v) is 5.15. The first-order valence-corrected chi connectivity index (χ1v) is 6.04. The zero-order chi connectivity index (χ0) is 15.2. The summed E-state index contributed by atoms with van der Waals surface area (Å²) in [4.78, 5) is 34.5. The Morgan fingerprint density at radius 2 is 1.79 bits per heavy atom. The second kappa shape index (κ2) is 7.08. The fourth-order valence-corrected chi connectivity index (χ4v) is 1.29. The summed E-state index contributed by atoms with van der Waals surface area (Å²) in [5.74, 6) is -1.47. The molecule has 0 aromatic heterocycles. The Morgan fingerprint density at radius 1 is 1.26 bits per heavy atom. The average molecular weight is 273 g/mol. The summed E-state index contributed by atoms with van der Waals surface area (Å²) < 4.78 is 4.55. The second-order valence-electron chi connectivity index (χ2n) is 5.15. The molecule has 0 spiro atoms. The third-order valence-corrected chi connectivity index (χ3v) is 2.59. The maximum absolute atomic E-state index is 11.6. The number of nitrogens with one attached hydrogen (secondary N) is 2. The lowest BCUT2D eigenvalue weighted by molar-refractivity contribution is -0.149. The van der Waals surface area contributed by atoms with Crippen LogP contribution in [-0.4, -0.2) is 43.0 Å². The number of esters is 1. The molecule has 0 aliphatic rings. The van der Waals surface area contributed by atoms with Crippen molar-refractivity contribution in [3.8, 4) is 0 Å². The smallest absolute Gasteiger partial charge is 0.330 e. The Balaban J connectivity index is 4.27. The van der Waals surface area contributed by atoms with Gasteiger partial charge in [-0.2, -0.15) is 0 Å². The molecule has 0 radical (unpaired) electrons. The normalized spacial score (nSPS) is 12.8. The van der Waals surface area contributed by atoms with Gasteiger partial charge in [0.2, 0.25) is 11.8 Å². The number of nitrogens with two attached hydrogens (primary N) is 1. The van der Waals surface area contributed by atoms with Gasteiger partial charge in [-0.05, 0) is 19.8 Å². The van der Waals surface area contributed by atoms with Gasteiger partial charge < -0.3 is 21.1 Å². The largest absolute Gasteiger partial charge is 0.467 e. The van der Waals surface area contributed by atoms with Crippen LogP contribution in [0.25, 0.3) is 0 Å². The molecule has 7 heteroatoms. The van der Waals surface area contributed by atoms with E-state index in [-0.39, 0.29) is 12.5 Å². The highest BCUT2D eigenvalue weighted by Gasteiger charge is 2.30. The summed E-state index contributed by atoms with van der Waals surface area (Å²) in [6, 6.07) is -0.665. The number of hydrogen-bond donors (Lipinski definition) is 3. The predicted octanol–water partition coefficient (Wildman–Crippen LogP) is -0.846. The molecule has 1 atom stereocenters. The first-order chi connectivity index (χ1) is 8.61. The van der Waals surface area contributed by atoms with Crippen LogP contribution >= 0.6 is 0 Å². The van der Waals surface area contributed by atoms with Crippen LogP contribution in [0.3, 0.4) is 0 Å². The lowest BCUT2D eigenvalue weighted by atomic mass is 10.0. The van der Waals surface area contributed by atoms with E-state index >= 15 is 0 Å². The van der Waals surface area contributed by atoms with E-state index in [9.17, 15) is 14.4 Å². The van der Waals surface area contributed by atoms with E-state index in [1.54, 1.807) is 0 Å². The summed E-state index contributed by atoms with van der Waals surface area (Å²) in [5, 5.41) is 4.88. The SMILES string of the molecule is COC(=O)C(C)(C)NC(=O)CNC(=O)[C@@H](N)C(C)C. The van der Waals surface area contributed by atoms with Crippen LogP contribution in [0.4, 0.5) is 0 Å². The van der Waals surface area contributed by atoms with Crippen molar-refractivity contribution in [1.82, 2.24) is 10.6 Å². The highest BCUT2D eigenvalue weighted by Crippen LogP contribution is 2.03. The first-order valence-electron chi connectivity index (χ1n) is 6.04. The lowest BCUT2D eigenvalue weighted by Crippen LogP contribution is -2.54. The van der Waals surface area contributed by atoms with Gasteiger partial charge in [-0.25, -0.2) is 4.79 Å². The molecule has 0 heterocycles. The molecule has 4 N–H and O–H groups in total. The zero-order valence-corrected chi connectivity index (χ0v) is 12.1. The molecular weight excluding hydrogens is 250 g/mol. The van der Waals surface area contributed by atoms with Crippen molar-refractivity contribution in [2.75, 3.05) is 13.7 Å². The Bertz CT molecular complexity index is 353. The molecule has 0 saturated carbocycles. The minimum atomic E-state index is -1.14. The van der Waals surface area contributed by atoms with Gasteiger partial charge in [0.25, 0.3) is 0 Å². The van der Waals surface area contributed by atoms with Gasteiger partial charge in [0, 0.05) is 0 Å². The first kappa shape index (κ1) is 17.4. The van der Waals surface area contributed by atoms with Gasteiger partial charge in [0.05, 0.1) is 19.7 Å². The van der Waals surface area contributed by atoms with Gasteiger partial charge in [-0.15, -0.1) is 0 Å². The molecule has 0 unspecified atom stereocenters. The summed E-state index contributed by atoms with van der Waals surface area (Å²) in [7, 11) is 1.24. The van der Waals surface area contributed by atoms with Crippen LogP contribution in [0.2, 0.25) is 0 Å². The summed E-state index contributed by atoms with van der Waals surface area (Å²) in [6.45, 7) is 6.41. The summed E-state index contributed by atoms with van der Waals surface area (Å²) in [6.07, 6.45) is 0. The molecule has 0 aromatic rings. The van der Waals surface area contributed by atoms with E-state index in [2.05, 4.69) is 15.4 Å². The Kier molecular flexibility index (Phi) is 6.47.